The van der Waals surface area contributed by atoms with Crippen LogP contribution in [0.25, 0.3) is 0 Å². The highest BCUT2D eigenvalue weighted by atomic mass is 79.9. The maximum absolute atomic E-state index is 12.5. The standard InChI is InChI=1S/C19H22BrN3O/c1-2-15-7-3-5-9-17(15)21-19(24)23-13-11-22(12-14-23)18-10-6-4-8-16(18)20/h3-10H,2,11-14H2,1H3,(H,21,24). The van der Waals surface area contributed by atoms with Gasteiger partial charge in [-0.25, -0.2) is 4.79 Å². The number of carbonyl (C=O) groups is 1. The molecule has 2 aromatic rings. The number of para-hydroxylation sites is 2. The van der Waals surface area contributed by atoms with Gasteiger partial charge < -0.3 is 15.1 Å². The number of urea groups is 1. The molecule has 1 saturated heterocycles. The molecule has 5 heteroatoms. The average molecular weight is 388 g/mol. The number of hydrogen-bond donors (Lipinski definition) is 1. The zero-order valence-corrected chi connectivity index (χ0v) is 15.4. The highest BCUT2D eigenvalue weighted by Gasteiger charge is 2.22. The Morgan fingerprint density at radius 1 is 1.04 bits per heavy atom. The van der Waals surface area contributed by atoms with Gasteiger partial charge in [0.25, 0.3) is 0 Å². The number of halogens is 1. The fourth-order valence-electron chi connectivity index (χ4n) is 3.00. The maximum Gasteiger partial charge on any atom is 0.321 e. The number of carbonyl (C=O) groups excluding carboxylic acids is 1. The fourth-order valence-corrected chi connectivity index (χ4v) is 3.54. The summed E-state index contributed by atoms with van der Waals surface area (Å²) in [6.07, 6.45) is 0.909. The van der Waals surface area contributed by atoms with Crippen LogP contribution in [0.4, 0.5) is 16.2 Å². The van der Waals surface area contributed by atoms with E-state index in [0.29, 0.717) is 0 Å². The Morgan fingerprint density at radius 2 is 1.71 bits per heavy atom. The second kappa shape index (κ2) is 7.71. The van der Waals surface area contributed by atoms with Crippen LogP contribution in [0, 0.1) is 0 Å². The van der Waals surface area contributed by atoms with E-state index in [1.165, 1.54) is 5.69 Å². The molecule has 0 radical (unpaired) electrons. The number of amides is 2. The van der Waals surface area contributed by atoms with E-state index in [0.717, 1.165) is 48.3 Å². The van der Waals surface area contributed by atoms with E-state index in [-0.39, 0.29) is 6.03 Å². The largest absolute Gasteiger partial charge is 0.367 e. The number of nitrogens with one attached hydrogen (secondary N) is 1. The van der Waals surface area contributed by atoms with E-state index >= 15 is 0 Å². The van der Waals surface area contributed by atoms with Crippen molar-refractivity contribution in [2.24, 2.45) is 0 Å². The van der Waals surface area contributed by atoms with Crippen molar-refractivity contribution >= 4 is 33.3 Å². The zero-order valence-electron chi connectivity index (χ0n) is 13.8. The SMILES string of the molecule is CCc1ccccc1NC(=O)N1CCN(c2ccccc2Br)CC1. The van der Waals surface area contributed by atoms with Gasteiger partial charge in [0, 0.05) is 36.3 Å². The van der Waals surface area contributed by atoms with E-state index < -0.39 is 0 Å². The van der Waals surface area contributed by atoms with Crippen molar-refractivity contribution in [3.8, 4) is 0 Å². The van der Waals surface area contributed by atoms with Crippen LogP contribution in [0.1, 0.15) is 12.5 Å². The quantitative estimate of drug-likeness (QED) is 0.848. The number of rotatable bonds is 3. The van der Waals surface area contributed by atoms with Crippen molar-refractivity contribution < 1.29 is 4.79 Å². The third-order valence-electron chi connectivity index (χ3n) is 4.40. The summed E-state index contributed by atoms with van der Waals surface area (Å²) in [7, 11) is 0. The van der Waals surface area contributed by atoms with Gasteiger partial charge in [0.05, 0.1) is 5.69 Å². The van der Waals surface area contributed by atoms with Crippen molar-refractivity contribution in [3.05, 3.63) is 58.6 Å². The van der Waals surface area contributed by atoms with Crippen LogP contribution in [0.5, 0.6) is 0 Å². The molecule has 2 amide bonds. The van der Waals surface area contributed by atoms with Crippen molar-refractivity contribution in [1.82, 2.24) is 4.90 Å². The minimum absolute atomic E-state index is 0.0114. The van der Waals surface area contributed by atoms with Gasteiger partial charge in [-0.05, 0) is 46.1 Å². The second-order valence-corrected chi connectivity index (χ2v) is 6.72. The minimum Gasteiger partial charge on any atom is -0.367 e. The molecule has 4 nitrogen and oxygen atoms in total. The van der Waals surface area contributed by atoms with E-state index in [1.807, 2.05) is 35.2 Å². The monoisotopic (exact) mass is 387 g/mol. The Hall–Kier alpha value is -2.01. The van der Waals surface area contributed by atoms with Crippen LogP contribution in [-0.4, -0.2) is 37.1 Å². The van der Waals surface area contributed by atoms with E-state index in [2.05, 4.69) is 51.3 Å². The number of benzene rings is 2. The summed E-state index contributed by atoms with van der Waals surface area (Å²) in [6.45, 7) is 5.22. The summed E-state index contributed by atoms with van der Waals surface area (Å²) >= 11 is 3.60. The summed E-state index contributed by atoms with van der Waals surface area (Å²) in [5.74, 6) is 0. The first-order chi connectivity index (χ1) is 11.7. The molecule has 126 valence electrons. The molecule has 0 aromatic heterocycles. The van der Waals surface area contributed by atoms with Crippen LogP contribution in [0.15, 0.2) is 53.0 Å². The molecule has 3 rings (SSSR count). The van der Waals surface area contributed by atoms with Gasteiger partial charge in [-0.3, -0.25) is 0 Å². The summed E-state index contributed by atoms with van der Waals surface area (Å²) < 4.78 is 1.10. The van der Waals surface area contributed by atoms with Gasteiger partial charge in [0.1, 0.15) is 0 Å². The van der Waals surface area contributed by atoms with Gasteiger partial charge in [-0.1, -0.05) is 37.3 Å². The number of piperazine rings is 1. The van der Waals surface area contributed by atoms with Crippen LogP contribution in [-0.2, 0) is 6.42 Å². The molecule has 1 N–H and O–H groups in total. The van der Waals surface area contributed by atoms with E-state index in [1.54, 1.807) is 0 Å². The predicted molar refractivity (Wildman–Crippen MR) is 103 cm³/mol. The molecule has 2 aromatic carbocycles. The molecular weight excluding hydrogens is 366 g/mol. The zero-order chi connectivity index (χ0) is 16.9. The topological polar surface area (TPSA) is 35.6 Å². The Labute approximate surface area is 151 Å². The number of hydrogen-bond acceptors (Lipinski definition) is 2. The molecule has 24 heavy (non-hydrogen) atoms. The lowest BCUT2D eigenvalue weighted by molar-refractivity contribution is 0.208. The molecule has 1 heterocycles. The first-order valence-corrected chi connectivity index (χ1v) is 9.11. The van der Waals surface area contributed by atoms with Crippen molar-refractivity contribution in [3.63, 3.8) is 0 Å². The van der Waals surface area contributed by atoms with Gasteiger partial charge in [-0.2, -0.15) is 0 Å². The van der Waals surface area contributed by atoms with Crippen LogP contribution < -0.4 is 10.2 Å². The molecule has 1 aliphatic rings. The van der Waals surface area contributed by atoms with Crippen molar-refractivity contribution in [2.45, 2.75) is 13.3 Å². The molecule has 1 fully saturated rings. The van der Waals surface area contributed by atoms with Gasteiger partial charge >= 0.3 is 6.03 Å². The molecule has 0 atom stereocenters. The van der Waals surface area contributed by atoms with Crippen LogP contribution in [0.2, 0.25) is 0 Å². The summed E-state index contributed by atoms with van der Waals surface area (Å²) in [5, 5.41) is 3.06. The predicted octanol–water partition coefficient (Wildman–Crippen LogP) is 4.37. The van der Waals surface area contributed by atoms with Gasteiger partial charge in [-0.15, -0.1) is 0 Å². The summed E-state index contributed by atoms with van der Waals surface area (Å²) in [4.78, 5) is 16.7. The number of anilines is 2. The highest BCUT2D eigenvalue weighted by molar-refractivity contribution is 9.10. The maximum atomic E-state index is 12.5. The Kier molecular flexibility index (Phi) is 5.41. The van der Waals surface area contributed by atoms with Crippen LogP contribution in [0.3, 0.4) is 0 Å². The molecule has 0 bridgehead atoms. The summed E-state index contributed by atoms with van der Waals surface area (Å²) in [5.41, 5.74) is 3.27. The molecular formula is C19H22BrN3O. The minimum atomic E-state index is -0.0114. The lowest BCUT2D eigenvalue weighted by Gasteiger charge is -2.36. The molecule has 0 unspecified atom stereocenters. The van der Waals surface area contributed by atoms with Crippen molar-refractivity contribution in [2.75, 3.05) is 36.4 Å². The van der Waals surface area contributed by atoms with Crippen molar-refractivity contribution in [1.29, 1.82) is 0 Å². The second-order valence-electron chi connectivity index (χ2n) is 5.87. The summed E-state index contributed by atoms with van der Waals surface area (Å²) in [6, 6.07) is 16.2. The Bertz CT molecular complexity index is 711. The molecule has 0 aliphatic carbocycles. The Morgan fingerprint density at radius 3 is 2.42 bits per heavy atom. The first-order valence-electron chi connectivity index (χ1n) is 8.32. The lowest BCUT2D eigenvalue weighted by atomic mass is 10.1. The smallest absolute Gasteiger partial charge is 0.321 e. The fraction of sp³-hybridized carbons (Fsp3) is 0.316. The third-order valence-corrected chi connectivity index (χ3v) is 5.07. The number of nitrogens with zero attached hydrogens (tertiary/aromatic N) is 2. The first kappa shape index (κ1) is 16.8. The van der Waals surface area contributed by atoms with Crippen LogP contribution >= 0.6 is 15.9 Å². The van der Waals surface area contributed by atoms with E-state index in [4.69, 9.17) is 0 Å². The van der Waals surface area contributed by atoms with E-state index in [9.17, 15) is 4.79 Å². The third kappa shape index (κ3) is 3.73. The molecule has 1 aliphatic heterocycles. The molecule has 0 spiro atoms. The lowest BCUT2D eigenvalue weighted by Crippen LogP contribution is -2.50. The van der Waals surface area contributed by atoms with Gasteiger partial charge in [0.2, 0.25) is 0 Å². The number of aryl methyl sites for hydroxylation is 1. The molecule has 0 saturated carbocycles. The normalized spacial score (nSPS) is 14.6. The highest BCUT2D eigenvalue weighted by Crippen LogP contribution is 2.26. The average Bonchev–Trinajstić information content (AvgIpc) is 2.63. The van der Waals surface area contributed by atoms with Gasteiger partial charge in [0.15, 0.2) is 0 Å². The Balaban J connectivity index is 1.60.